The maximum atomic E-state index is 12.1. The number of nitrogens with zero attached hydrogens (tertiary/aromatic N) is 1. The molecule has 0 saturated carbocycles. The van der Waals surface area contributed by atoms with Gasteiger partial charge in [-0.2, -0.15) is 0 Å². The van der Waals surface area contributed by atoms with Gasteiger partial charge in [0.05, 0.1) is 11.2 Å². The van der Waals surface area contributed by atoms with Crippen molar-refractivity contribution in [3.63, 3.8) is 0 Å². The van der Waals surface area contributed by atoms with Gasteiger partial charge < -0.3 is 4.74 Å². The van der Waals surface area contributed by atoms with Gasteiger partial charge in [0.1, 0.15) is 0 Å². The fourth-order valence-electron chi connectivity index (χ4n) is 1.85. The smallest absolute Gasteiger partial charge is 0.240 e. The third kappa shape index (κ3) is 7.15. The molecule has 1 aromatic rings. The molecule has 0 aromatic heterocycles. The zero-order valence-electron chi connectivity index (χ0n) is 13.0. The first-order valence-electron chi connectivity index (χ1n) is 6.86. The standard InChI is InChI=1S/C13H21ClN2O5S2/c1-21-10-4-8-16(22(2,17)18)9-7-15-23(19,20)13-6-3-5-12(14)11-13/h3,5-6,11,15H,4,7-10H2,1-2H3. The fraction of sp³-hybridized carbons (Fsp3) is 0.538. The van der Waals surface area contributed by atoms with E-state index in [0.29, 0.717) is 18.1 Å². The second-order valence-electron chi connectivity index (χ2n) is 4.86. The molecule has 0 radical (unpaired) electrons. The second kappa shape index (κ2) is 8.95. The van der Waals surface area contributed by atoms with Gasteiger partial charge in [0.2, 0.25) is 20.0 Å². The number of halogens is 1. The quantitative estimate of drug-likeness (QED) is 0.605. The molecule has 0 bridgehead atoms. The number of benzene rings is 1. The molecule has 23 heavy (non-hydrogen) atoms. The Hall–Kier alpha value is -0.710. The van der Waals surface area contributed by atoms with Crippen molar-refractivity contribution in [1.29, 1.82) is 0 Å². The van der Waals surface area contributed by atoms with Crippen LogP contribution in [0, 0.1) is 0 Å². The molecule has 1 aromatic carbocycles. The van der Waals surface area contributed by atoms with Gasteiger partial charge in [-0.25, -0.2) is 25.9 Å². The van der Waals surface area contributed by atoms with Crippen molar-refractivity contribution in [3.05, 3.63) is 29.3 Å². The van der Waals surface area contributed by atoms with E-state index in [4.69, 9.17) is 16.3 Å². The lowest BCUT2D eigenvalue weighted by Crippen LogP contribution is -2.38. The van der Waals surface area contributed by atoms with E-state index in [1.165, 1.54) is 29.6 Å². The molecule has 0 atom stereocenters. The minimum absolute atomic E-state index is 0.0328. The zero-order chi connectivity index (χ0) is 17.5. The molecule has 0 amide bonds. The molecule has 0 unspecified atom stereocenters. The van der Waals surface area contributed by atoms with E-state index in [2.05, 4.69) is 4.72 Å². The first kappa shape index (κ1) is 20.3. The predicted octanol–water partition coefficient (Wildman–Crippen LogP) is 0.916. The molecule has 0 heterocycles. The maximum Gasteiger partial charge on any atom is 0.240 e. The molecule has 1 N–H and O–H groups in total. The Bertz CT molecular complexity index is 707. The number of ether oxygens (including phenoxy) is 1. The third-order valence-electron chi connectivity index (χ3n) is 2.98. The van der Waals surface area contributed by atoms with Crippen LogP contribution in [0.4, 0.5) is 0 Å². The largest absolute Gasteiger partial charge is 0.385 e. The monoisotopic (exact) mass is 384 g/mol. The summed E-state index contributed by atoms with van der Waals surface area (Å²) in [5.74, 6) is 0. The molecule has 0 fully saturated rings. The number of methoxy groups -OCH3 is 1. The number of nitrogens with one attached hydrogen (secondary N) is 1. The minimum Gasteiger partial charge on any atom is -0.385 e. The second-order valence-corrected chi connectivity index (χ2v) is 9.05. The molecule has 0 spiro atoms. The molecule has 132 valence electrons. The topological polar surface area (TPSA) is 92.8 Å². The lowest BCUT2D eigenvalue weighted by atomic mass is 10.4. The Morgan fingerprint density at radius 2 is 1.91 bits per heavy atom. The normalized spacial score (nSPS) is 12.7. The van der Waals surface area contributed by atoms with Gasteiger partial charge in [-0.05, 0) is 24.6 Å². The van der Waals surface area contributed by atoms with E-state index in [9.17, 15) is 16.8 Å². The molecule has 10 heteroatoms. The number of sulfonamides is 2. The lowest BCUT2D eigenvalue weighted by Gasteiger charge is -2.20. The Balaban J connectivity index is 2.65. The summed E-state index contributed by atoms with van der Waals surface area (Å²) in [7, 11) is -5.61. The van der Waals surface area contributed by atoms with Crippen LogP contribution >= 0.6 is 11.6 Å². The number of hydrogen-bond donors (Lipinski definition) is 1. The number of hydrogen-bond acceptors (Lipinski definition) is 5. The first-order chi connectivity index (χ1) is 10.7. The van der Waals surface area contributed by atoms with Gasteiger partial charge in [-0.15, -0.1) is 0 Å². The summed E-state index contributed by atoms with van der Waals surface area (Å²) in [4.78, 5) is 0.0373. The molecular weight excluding hydrogens is 364 g/mol. The van der Waals surface area contributed by atoms with Crippen molar-refractivity contribution in [2.24, 2.45) is 0 Å². The van der Waals surface area contributed by atoms with Crippen molar-refractivity contribution in [2.45, 2.75) is 11.3 Å². The fourth-order valence-corrected chi connectivity index (χ4v) is 4.06. The highest BCUT2D eigenvalue weighted by Crippen LogP contribution is 2.15. The van der Waals surface area contributed by atoms with Crippen LogP contribution in [0.2, 0.25) is 5.02 Å². The average molecular weight is 385 g/mol. The van der Waals surface area contributed by atoms with Crippen molar-refractivity contribution < 1.29 is 21.6 Å². The first-order valence-corrected chi connectivity index (χ1v) is 10.6. The van der Waals surface area contributed by atoms with Crippen LogP contribution < -0.4 is 4.72 Å². The number of rotatable bonds is 10. The van der Waals surface area contributed by atoms with Gasteiger partial charge in [0, 0.05) is 38.4 Å². The Labute approximate surface area is 142 Å². The summed E-state index contributed by atoms with van der Waals surface area (Å²) < 4.78 is 56.1. The average Bonchev–Trinajstić information content (AvgIpc) is 2.44. The van der Waals surface area contributed by atoms with E-state index in [-0.39, 0.29) is 24.5 Å². The summed E-state index contributed by atoms with van der Waals surface area (Å²) in [6.45, 7) is 0.711. The van der Waals surface area contributed by atoms with Crippen LogP contribution in [-0.2, 0) is 24.8 Å². The molecular formula is C13H21ClN2O5S2. The van der Waals surface area contributed by atoms with Crippen LogP contribution in [0.15, 0.2) is 29.2 Å². The van der Waals surface area contributed by atoms with Crippen molar-refractivity contribution in [2.75, 3.05) is 39.6 Å². The Morgan fingerprint density at radius 3 is 2.48 bits per heavy atom. The molecule has 0 aliphatic rings. The van der Waals surface area contributed by atoms with Crippen molar-refractivity contribution >= 4 is 31.6 Å². The predicted molar refractivity (Wildman–Crippen MR) is 89.6 cm³/mol. The summed E-state index contributed by atoms with van der Waals surface area (Å²) >= 11 is 5.77. The summed E-state index contributed by atoms with van der Waals surface area (Å²) in [5, 5.41) is 0.310. The molecule has 7 nitrogen and oxygen atoms in total. The Morgan fingerprint density at radius 1 is 1.22 bits per heavy atom. The highest BCUT2D eigenvalue weighted by atomic mass is 35.5. The van der Waals surface area contributed by atoms with E-state index in [0.717, 1.165) is 6.26 Å². The van der Waals surface area contributed by atoms with E-state index >= 15 is 0 Å². The summed E-state index contributed by atoms with van der Waals surface area (Å²) in [6, 6.07) is 5.85. The lowest BCUT2D eigenvalue weighted by molar-refractivity contribution is 0.187. The van der Waals surface area contributed by atoms with Gasteiger partial charge in [0.15, 0.2) is 0 Å². The van der Waals surface area contributed by atoms with E-state index < -0.39 is 20.0 Å². The molecule has 0 aliphatic carbocycles. The van der Waals surface area contributed by atoms with Crippen LogP contribution in [-0.4, -0.2) is 60.7 Å². The summed E-state index contributed by atoms with van der Waals surface area (Å²) in [6.07, 6.45) is 1.62. The van der Waals surface area contributed by atoms with Crippen molar-refractivity contribution in [1.82, 2.24) is 9.03 Å². The molecule has 1 rings (SSSR count). The third-order valence-corrected chi connectivity index (χ3v) is 5.98. The van der Waals surface area contributed by atoms with Crippen LogP contribution in [0.3, 0.4) is 0 Å². The highest BCUT2D eigenvalue weighted by Gasteiger charge is 2.18. The zero-order valence-corrected chi connectivity index (χ0v) is 15.4. The van der Waals surface area contributed by atoms with Gasteiger partial charge >= 0.3 is 0 Å². The molecule has 0 aliphatic heterocycles. The van der Waals surface area contributed by atoms with Gasteiger partial charge in [0.25, 0.3) is 0 Å². The van der Waals surface area contributed by atoms with E-state index in [1.54, 1.807) is 6.07 Å². The Kier molecular flexibility index (Phi) is 7.91. The summed E-state index contributed by atoms with van der Waals surface area (Å²) in [5.41, 5.74) is 0. The van der Waals surface area contributed by atoms with Crippen LogP contribution in [0.5, 0.6) is 0 Å². The van der Waals surface area contributed by atoms with Crippen molar-refractivity contribution in [3.8, 4) is 0 Å². The maximum absolute atomic E-state index is 12.1. The SMILES string of the molecule is COCCCN(CCNS(=O)(=O)c1cccc(Cl)c1)S(C)(=O)=O. The van der Waals surface area contributed by atoms with Crippen LogP contribution in [0.25, 0.3) is 0 Å². The molecule has 0 saturated heterocycles. The van der Waals surface area contributed by atoms with Gasteiger partial charge in [-0.3, -0.25) is 0 Å². The van der Waals surface area contributed by atoms with E-state index in [1.807, 2.05) is 0 Å². The van der Waals surface area contributed by atoms with Crippen LogP contribution in [0.1, 0.15) is 6.42 Å². The minimum atomic E-state index is -3.73. The highest BCUT2D eigenvalue weighted by molar-refractivity contribution is 7.89. The van der Waals surface area contributed by atoms with Gasteiger partial charge in [-0.1, -0.05) is 17.7 Å².